The summed E-state index contributed by atoms with van der Waals surface area (Å²) in [5.74, 6) is 0.581. The van der Waals surface area contributed by atoms with E-state index in [2.05, 4.69) is 32.6 Å². The van der Waals surface area contributed by atoms with Crippen LogP contribution in [0.2, 0.25) is 10.0 Å². The third-order valence-electron chi connectivity index (χ3n) is 5.62. The van der Waals surface area contributed by atoms with E-state index in [1.54, 1.807) is 24.3 Å². The smallest absolute Gasteiger partial charge is 0.220 e. The lowest BCUT2D eigenvalue weighted by atomic mass is 10.0. The average Bonchev–Trinajstić information content (AvgIpc) is 2.84. The number of benzene rings is 2. The summed E-state index contributed by atoms with van der Waals surface area (Å²) in [5, 5.41) is 6.46. The molecule has 1 aliphatic heterocycles. The average molecular weight is 520 g/mol. The minimum atomic E-state index is -0.124. The van der Waals surface area contributed by atoms with Crippen molar-refractivity contribution in [3.63, 3.8) is 0 Å². The van der Waals surface area contributed by atoms with Crippen molar-refractivity contribution < 1.29 is 14.3 Å². The van der Waals surface area contributed by atoms with E-state index in [-0.39, 0.29) is 24.3 Å². The van der Waals surface area contributed by atoms with Gasteiger partial charge in [0.15, 0.2) is 5.78 Å². The standard InChI is InChI=1S/C25H27Cl2N3O3S/c26-22-8-3-18(14-23(22)27)16-30-11-9-20(10-12-30)29-25(32)2-1-13-33-21-6-4-19(5-7-21)24(31)15-28-17-34/h3-8,14,20H,1-2,9-13,15-16H2,(H,29,32). The second-order valence-electron chi connectivity index (χ2n) is 8.17. The van der Waals surface area contributed by atoms with Gasteiger partial charge in [0.25, 0.3) is 0 Å². The van der Waals surface area contributed by atoms with Gasteiger partial charge in [-0.1, -0.05) is 29.3 Å². The molecule has 1 fully saturated rings. The normalized spacial score (nSPS) is 14.3. The molecule has 0 bridgehead atoms. The summed E-state index contributed by atoms with van der Waals surface area (Å²) in [6.07, 6.45) is 2.87. The molecule has 0 saturated carbocycles. The van der Waals surface area contributed by atoms with E-state index in [0.29, 0.717) is 40.8 Å². The number of piperidine rings is 1. The largest absolute Gasteiger partial charge is 0.494 e. The zero-order chi connectivity index (χ0) is 24.3. The quantitative estimate of drug-likeness (QED) is 0.191. The van der Waals surface area contributed by atoms with E-state index in [0.717, 1.165) is 38.0 Å². The highest BCUT2D eigenvalue weighted by Crippen LogP contribution is 2.24. The molecule has 1 aliphatic rings. The molecule has 1 saturated heterocycles. The number of amides is 1. The van der Waals surface area contributed by atoms with Crippen LogP contribution in [-0.4, -0.2) is 54.0 Å². The lowest BCUT2D eigenvalue weighted by molar-refractivity contribution is -0.122. The van der Waals surface area contributed by atoms with E-state index in [1.807, 2.05) is 18.2 Å². The molecule has 2 aromatic rings. The molecule has 2 aromatic carbocycles. The van der Waals surface area contributed by atoms with Crippen molar-refractivity contribution in [3.05, 3.63) is 63.6 Å². The van der Waals surface area contributed by atoms with Crippen molar-refractivity contribution in [1.29, 1.82) is 0 Å². The first kappa shape index (κ1) is 26.3. The molecule has 3 rings (SSSR count). The predicted molar refractivity (Wildman–Crippen MR) is 138 cm³/mol. The fourth-order valence-corrected chi connectivity index (χ4v) is 4.17. The maximum absolute atomic E-state index is 12.3. The van der Waals surface area contributed by atoms with Gasteiger partial charge >= 0.3 is 0 Å². The monoisotopic (exact) mass is 519 g/mol. The number of ketones is 1. The minimum absolute atomic E-state index is 0.00490. The molecular formula is C25H27Cl2N3O3S. The fourth-order valence-electron chi connectivity index (χ4n) is 3.79. The molecule has 1 N–H and O–H groups in total. The molecule has 34 heavy (non-hydrogen) atoms. The first-order chi connectivity index (χ1) is 16.4. The van der Waals surface area contributed by atoms with Gasteiger partial charge in [-0.05, 0) is 73.4 Å². The zero-order valence-corrected chi connectivity index (χ0v) is 21.1. The van der Waals surface area contributed by atoms with Crippen molar-refractivity contribution in [3.8, 4) is 5.75 Å². The van der Waals surface area contributed by atoms with Crippen LogP contribution >= 0.6 is 35.4 Å². The summed E-state index contributed by atoms with van der Waals surface area (Å²) in [7, 11) is 0. The van der Waals surface area contributed by atoms with Crippen LogP contribution < -0.4 is 10.1 Å². The molecule has 1 amide bonds. The first-order valence-electron chi connectivity index (χ1n) is 11.2. The summed E-state index contributed by atoms with van der Waals surface area (Å²) < 4.78 is 5.68. The van der Waals surface area contributed by atoms with E-state index >= 15 is 0 Å². The molecule has 6 nitrogen and oxygen atoms in total. The number of carbonyl (C=O) groups is 2. The van der Waals surface area contributed by atoms with Gasteiger partial charge < -0.3 is 10.1 Å². The number of likely N-dealkylation sites (tertiary alicyclic amines) is 1. The fraction of sp³-hybridized carbons (Fsp3) is 0.400. The highest BCUT2D eigenvalue weighted by Gasteiger charge is 2.20. The van der Waals surface area contributed by atoms with Crippen molar-refractivity contribution in [2.75, 3.05) is 26.2 Å². The summed E-state index contributed by atoms with van der Waals surface area (Å²) >= 11 is 16.6. The number of rotatable bonds is 11. The Labute approximate surface area is 215 Å². The van der Waals surface area contributed by atoms with Gasteiger partial charge in [0.05, 0.1) is 21.8 Å². The Morgan fingerprint density at radius 2 is 1.85 bits per heavy atom. The Balaban J connectivity index is 1.30. The number of nitrogens with zero attached hydrogens (tertiary/aromatic N) is 2. The second kappa shape index (κ2) is 13.6. The predicted octanol–water partition coefficient (Wildman–Crippen LogP) is 5.22. The van der Waals surface area contributed by atoms with Crippen molar-refractivity contribution in [1.82, 2.24) is 10.2 Å². The number of carbonyl (C=O) groups excluding carboxylic acids is 2. The van der Waals surface area contributed by atoms with Crippen LogP contribution in [0.3, 0.4) is 0 Å². The van der Waals surface area contributed by atoms with Crippen LogP contribution in [0.4, 0.5) is 0 Å². The van der Waals surface area contributed by atoms with Gasteiger partial charge in [0.2, 0.25) is 5.91 Å². The van der Waals surface area contributed by atoms with Crippen molar-refractivity contribution in [2.24, 2.45) is 4.99 Å². The van der Waals surface area contributed by atoms with E-state index in [1.165, 1.54) is 0 Å². The number of thiocarbonyl (C=S) groups is 1. The number of halogens is 2. The molecule has 0 aromatic heterocycles. The highest BCUT2D eigenvalue weighted by molar-refractivity contribution is 7.78. The molecule has 0 atom stereocenters. The number of hydrogen-bond acceptors (Lipinski definition) is 6. The van der Waals surface area contributed by atoms with Gasteiger partial charge in [-0.2, -0.15) is 0 Å². The number of ether oxygens (including phenoxy) is 1. The molecular weight excluding hydrogens is 493 g/mol. The summed E-state index contributed by atoms with van der Waals surface area (Å²) in [5.41, 5.74) is 1.68. The Hall–Kier alpha value is -2.28. The molecule has 0 radical (unpaired) electrons. The number of Topliss-reactive ketones (excluding diaryl/α,β-unsaturated/α-hetero) is 1. The number of isothiocyanates is 1. The Bertz CT molecular complexity index is 1030. The molecule has 9 heteroatoms. The maximum atomic E-state index is 12.3. The molecule has 0 unspecified atom stereocenters. The van der Waals surface area contributed by atoms with E-state index in [4.69, 9.17) is 27.9 Å². The molecule has 0 spiro atoms. The van der Waals surface area contributed by atoms with Gasteiger partial charge in [-0.15, -0.1) is 0 Å². The topological polar surface area (TPSA) is 71.0 Å². The summed E-state index contributed by atoms with van der Waals surface area (Å²) in [6, 6.07) is 12.8. The van der Waals surface area contributed by atoms with Gasteiger partial charge in [0, 0.05) is 37.7 Å². The van der Waals surface area contributed by atoms with Crippen LogP contribution in [0.15, 0.2) is 47.5 Å². The second-order valence-corrected chi connectivity index (χ2v) is 9.17. The van der Waals surface area contributed by atoms with Crippen LogP contribution in [0.5, 0.6) is 5.75 Å². The maximum Gasteiger partial charge on any atom is 0.220 e. The van der Waals surface area contributed by atoms with Gasteiger partial charge in [-0.25, -0.2) is 4.99 Å². The van der Waals surface area contributed by atoms with Crippen molar-refractivity contribution >= 4 is 52.3 Å². The van der Waals surface area contributed by atoms with Crippen LogP contribution in [0.25, 0.3) is 0 Å². The SMILES string of the molecule is O=C(CCCOc1ccc(C(=O)CN=C=S)cc1)NC1CCN(Cc2ccc(Cl)c(Cl)c2)CC1. The zero-order valence-electron chi connectivity index (χ0n) is 18.8. The molecule has 180 valence electrons. The molecule has 0 aliphatic carbocycles. The number of hydrogen-bond donors (Lipinski definition) is 1. The summed E-state index contributed by atoms with van der Waals surface area (Å²) in [6.45, 7) is 3.09. The van der Waals surface area contributed by atoms with Crippen molar-refractivity contribution in [2.45, 2.75) is 38.3 Å². The first-order valence-corrected chi connectivity index (χ1v) is 12.4. The minimum Gasteiger partial charge on any atom is -0.494 e. The third kappa shape index (κ3) is 8.49. The van der Waals surface area contributed by atoms with Crippen LogP contribution in [0, 0.1) is 0 Å². The van der Waals surface area contributed by atoms with Crippen LogP contribution in [-0.2, 0) is 11.3 Å². The van der Waals surface area contributed by atoms with Crippen LogP contribution in [0.1, 0.15) is 41.6 Å². The summed E-state index contributed by atoms with van der Waals surface area (Å²) in [4.78, 5) is 30.2. The Kier molecular flexibility index (Phi) is 10.5. The van der Waals surface area contributed by atoms with E-state index in [9.17, 15) is 9.59 Å². The van der Waals surface area contributed by atoms with Gasteiger partial charge in [0.1, 0.15) is 12.3 Å². The number of aliphatic imine (C=N–C) groups is 1. The lowest BCUT2D eigenvalue weighted by Gasteiger charge is -2.32. The third-order valence-corrected chi connectivity index (χ3v) is 6.49. The van der Waals surface area contributed by atoms with E-state index < -0.39 is 0 Å². The highest BCUT2D eigenvalue weighted by atomic mass is 35.5. The lowest BCUT2D eigenvalue weighted by Crippen LogP contribution is -2.44. The molecule has 1 heterocycles. The van der Waals surface area contributed by atoms with Gasteiger partial charge in [-0.3, -0.25) is 14.5 Å². The number of nitrogens with one attached hydrogen (secondary N) is 1. The Morgan fingerprint density at radius 1 is 1.12 bits per heavy atom. The Morgan fingerprint density at radius 3 is 2.53 bits per heavy atom.